The van der Waals surface area contributed by atoms with Crippen LogP contribution in [-0.2, 0) is 6.42 Å². The van der Waals surface area contributed by atoms with Crippen molar-refractivity contribution in [2.75, 3.05) is 7.05 Å². The summed E-state index contributed by atoms with van der Waals surface area (Å²) in [4.78, 5) is 0. The molecule has 1 nitrogen and oxygen atoms in total. The first-order valence-electron chi connectivity index (χ1n) is 6.67. The van der Waals surface area contributed by atoms with E-state index in [9.17, 15) is 8.78 Å². The summed E-state index contributed by atoms with van der Waals surface area (Å²) in [5.41, 5.74) is 1.36. The van der Waals surface area contributed by atoms with Crippen LogP contribution in [0.5, 0.6) is 0 Å². The van der Waals surface area contributed by atoms with Gasteiger partial charge in [-0.25, -0.2) is 8.78 Å². The van der Waals surface area contributed by atoms with Crippen molar-refractivity contribution >= 4 is 11.3 Å². The number of hydrogen-bond acceptors (Lipinski definition) is 2. The highest BCUT2D eigenvalue weighted by Crippen LogP contribution is 2.38. The minimum absolute atomic E-state index is 0.0638. The van der Waals surface area contributed by atoms with Crippen molar-refractivity contribution in [2.45, 2.75) is 50.5 Å². The van der Waals surface area contributed by atoms with Crippen molar-refractivity contribution in [1.82, 2.24) is 5.32 Å². The maximum Gasteiger partial charge on any atom is 0.248 e. The largest absolute Gasteiger partial charge is 0.317 e. The van der Waals surface area contributed by atoms with Crippen LogP contribution in [0, 0.1) is 5.92 Å². The maximum absolute atomic E-state index is 13.1. The molecule has 1 atom stereocenters. The van der Waals surface area contributed by atoms with Crippen molar-refractivity contribution < 1.29 is 8.78 Å². The second kappa shape index (κ2) is 6.11. The van der Waals surface area contributed by atoms with E-state index in [1.807, 2.05) is 7.05 Å². The Balaban J connectivity index is 1.82. The normalized spacial score (nSPS) is 21.9. The van der Waals surface area contributed by atoms with Crippen molar-refractivity contribution in [2.24, 2.45) is 5.92 Å². The Bertz CT molecular complexity index is 341. The molecule has 2 rings (SSSR count). The summed E-state index contributed by atoms with van der Waals surface area (Å²) in [6.45, 7) is 0. The Morgan fingerprint density at radius 3 is 2.72 bits per heavy atom. The summed E-state index contributed by atoms with van der Waals surface area (Å²) < 4.78 is 26.3. The molecule has 1 saturated carbocycles. The fraction of sp³-hybridized carbons (Fsp3) is 0.714. The topological polar surface area (TPSA) is 12.0 Å². The molecule has 0 radical (unpaired) electrons. The van der Waals surface area contributed by atoms with Gasteiger partial charge >= 0.3 is 0 Å². The van der Waals surface area contributed by atoms with E-state index in [1.54, 1.807) is 11.3 Å². The molecular weight excluding hydrogens is 252 g/mol. The van der Waals surface area contributed by atoms with Crippen molar-refractivity contribution in [3.63, 3.8) is 0 Å². The van der Waals surface area contributed by atoms with Crippen LogP contribution >= 0.6 is 11.3 Å². The third-order valence-electron chi connectivity index (χ3n) is 4.03. The van der Waals surface area contributed by atoms with E-state index < -0.39 is 5.92 Å². The first kappa shape index (κ1) is 13.9. The predicted octanol–water partition coefficient (Wildman–Crippen LogP) is 4.09. The molecule has 1 aromatic rings. The minimum atomic E-state index is -2.41. The SMILES string of the molecule is CNC(CCc1ccsc1)C1CCC(F)(F)CC1. The van der Waals surface area contributed by atoms with Crippen LogP contribution in [0.1, 0.15) is 37.7 Å². The van der Waals surface area contributed by atoms with Crippen molar-refractivity contribution in [3.8, 4) is 0 Å². The highest BCUT2D eigenvalue weighted by molar-refractivity contribution is 7.07. The highest BCUT2D eigenvalue weighted by Gasteiger charge is 2.37. The Labute approximate surface area is 112 Å². The lowest BCUT2D eigenvalue weighted by Crippen LogP contribution is -2.38. The van der Waals surface area contributed by atoms with Crippen LogP contribution in [0.2, 0.25) is 0 Å². The molecule has 102 valence electrons. The average molecular weight is 273 g/mol. The number of rotatable bonds is 5. The summed E-state index contributed by atoms with van der Waals surface area (Å²) in [7, 11) is 1.95. The molecule has 1 heterocycles. The summed E-state index contributed by atoms with van der Waals surface area (Å²) in [6.07, 6.45) is 3.53. The quantitative estimate of drug-likeness (QED) is 0.852. The van der Waals surface area contributed by atoms with Crippen LogP contribution in [-0.4, -0.2) is 19.0 Å². The number of halogens is 2. The second-order valence-electron chi connectivity index (χ2n) is 5.26. The van der Waals surface area contributed by atoms with E-state index in [4.69, 9.17) is 0 Å². The average Bonchev–Trinajstić information content (AvgIpc) is 2.84. The number of alkyl halides is 2. The van der Waals surface area contributed by atoms with Crippen molar-refractivity contribution in [1.29, 1.82) is 0 Å². The molecule has 0 saturated heterocycles. The molecule has 0 aromatic carbocycles. The zero-order chi connectivity index (χ0) is 13.0. The van der Waals surface area contributed by atoms with Gasteiger partial charge in [-0.3, -0.25) is 0 Å². The summed E-state index contributed by atoms with van der Waals surface area (Å²) >= 11 is 1.71. The van der Waals surface area contributed by atoms with Crippen LogP contribution < -0.4 is 5.32 Å². The molecule has 1 fully saturated rings. The third kappa shape index (κ3) is 3.75. The minimum Gasteiger partial charge on any atom is -0.317 e. The lowest BCUT2D eigenvalue weighted by molar-refractivity contribution is -0.0495. The van der Waals surface area contributed by atoms with Gasteiger partial charge in [0.25, 0.3) is 0 Å². The van der Waals surface area contributed by atoms with Gasteiger partial charge in [-0.1, -0.05) is 0 Å². The van der Waals surface area contributed by atoms with E-state index in [2.05, 4.69) is 22.1 Å². The van der Waals surface area contributed by atoms with Crippen LogP contribution in [0.4, 0.5) is 8.78 Å². The number of thiophene rings is 1. The van der Waals surface area contributed by atoms with Gasteiger partial charge in [0, 0.05) is 18.9 Å². The molecule has 4 heteroatoms. The Kier molecular flexibility index (Phi) is 4.73. The van der Waals surface area contributed by atoms with Crippen molar-refractivity contribution in [3.05, 3.63) is 22.4 Å². The Morgan fingerprint density at radius 1 is 1.44 bits per heavy atom. The molecule has 1 aliphatic carbocycles. The van der Waals surface area contributed by atoms with E-state index >= 15 is 0 Å². The molecule has 0 amide bonds. The number of aryl methyl sites for hydroxylation is 1. The van der Waals surface area contributed by atoms with Crippen LogP contribution in [0.3, 0.4) is 0 Å². The van der Waals surface area contributed by atoms with E-state index in [1.165, 1.54) is 5.56 Å². The zero-order valence-electron chi connectivity index (χ0n) is 10.8. The molecule has 1 unspecified atom stereocenters. The van der Waals surface area contributed by atoms with E-state index in [0.29, 0.717) is 24.8 Å². The summed E-state index contributed by atoms with van der Waals surface area (Å²) in [5.74, 6) is -2.00. The second-order valence-corrected chi connectivity index (χ2v) is 6.04. The third-order valence-corrected chi connectivity index (χ3v) is 4.76. The van der Waals surface area contributed by atoms with Gasteiger partial charge in [0.1, 0.15) is 0 Å². The molecule has 0 bridgehead atoms. The van der Waals surface area contributed by atoms with Gasteiger partial charge in [0.05, 0.1) is 0 Å². The van der Waals surface area contributed by atoms with Crippen LogP contribution in [0.15, 0.2) is 16.8 Å². The number of hydrogen-bond donors (Lipinski definition) is 1. The highest BCUT2D eigenvalue weighted by atomic mass is 32.1. The Hall–Kier alpha value is -0.480. The fourth-order valence-electron chi connectivity index (χ4n) is 2.84. The monoisotopic (exact) mass is 273 g/mol. The maximum atomic E-state index is 13.1. The first-order chi connectivity index (χ1) is 8.61. The van der Waals surface area contributed by atoms with Gasteiger partial charge in [-0.15, -0.1) is 0 Å². The summed E-state index contributed by atoms with van der Waals surface area (Å²) in [6, 6.07) is 2.52. The Morgan fingerprint density at radius 2 is 2.17 bits per heavy atom. The zero-order valence-corrected chi connectivity index (χ0v) is 11.6. The molecule has 18 heavy (non-hydrogen) atoms. The first-order valence-corrected chi connectivity index (χ1v) is 7.61. The molecular formula is C14H21F2NS. The molecule has 0 spiro atoms. The van der Waals surface area contributed by atoms with Gasteiger partial charge in [-0.2, -0.15) is 11.3 Å². The van der Waals surface area contributed by atoms with E-state index in [-0.39, 0.29) is 12.8 Å². The van der Waals surface area contributed by atoms with Gasteiger partial charge in [-0.05, 0) is 61.0 Å². The smallest absolute Gasteiger partial charge is 0.248 e. The molecule has 1 aromatic heterocycles. The molecule has 1 aliphatic rings. The van der Waals surface area contributed by atoms with Gasteiger partial charge in [0.2, 0.25) is 5.92 Å². The van der Waals surface area contributed by atoms with Gasteiger partial charge in [0.15, 0.2) is 0 Å². The van der Waals surface area contributed by atoms with Gasteiger partial charge < -0.3 is 5.32 Å². The standard InChI is InChI=1S/C14H21F2NS/c1-17-13(3-2-11-6-9-18-10-11)12-4-7-14(15,16)8-5-12/h6,9-10,12-13,17H,2-5,7-8H2,1H3. The molecule has 1 N–H and O–H groups in total. The lowest BCUT2D eigenvalue weighted by Gasteiger charge is -2.33. The predicted molar refractivity (Wildman–Crippen MR) is 72.4 cm³/mol. The number of nitrogens with one attached hydrogen (secondary N) is 1. The van der Waals surface area contributed by atoms with Crippen LogP contribution in [0.25, 0.3) is 0 Å². The van der Waals surface area contributed by atoms with E-state index in [0.717, 1.165) is 12.8 Å². The lowest BCUT2D eigenvalue weighted by atomic mass is 9.80. The molecule has 0 aliphatic heterocycles. The summed E-state index contributed by atoms with van der Waals surface area (Å²) in [5, 5.41) is 7.58. The fourth-order valence-corrected chi connectivity index (χ4v) is 3.54.